The Labute approximate surface area is 111 Å². The third-order valence-electron chi connectivity index (χ3n) is 4.85. The molecule has 0 spiro atoms. The van der Waals surface area contributed by atoms with Crippen molar-refractivity contribution in [2.24, 2.45) is 17.8 Å². The molecule has 4 atom stereocenters. The number of hydrogen-bond donors (Lipinski definition) is 2. The van der Waals surface area contributed by atoms with Crippen LogP contribution in [0.3, 0.4) is 0 Å². The Hall–Kier alpha value is -0.570. The summed E-state index contributed by atoms with van der Waals surface area (Å²) in [5, 5.41) is 6.68. The second-order valence-electron chi connectivity index (χ2n) is 6.37. The third-order valence-corrected chi connectivity index (χ3v) is 4.85. The van der Waals surface area contributed by atoms with E-state index < -0.39 is 0 Å². The Morgan fingerprint density at radius 3 is 2.78 bits per heavy atom. The van der Waals surface area contributed by atoms with E-state index >= 15 is 0 Å². The van der Waals surface area contributed by atoms with Crippen LogP contribution in [-0.4, -0.2) is 25.0 Å². The van der Waals surface area contributed by atoms with Crippen molar-refractivity contribution in [3.05, 3.63) is 0 Å². The lowest BCUT2D eigenvalue weighted by molar-refractivity contribution is -0.123. The van der Waals surface area contributed by atoms with Gasteiger partial charge in [0, 0.05) is 12.5 Å². The van der Waals surface area contributed by atoms with Gasteiger partial charge >= 0.3 is 0 Å². The van der Waals surface area contributed by atoms with E-state index in [2.05, 4.69) is 24.5 Å². The van der Waals surface area contributed by atoms with Crippen molar-refractivity contribution >= 4 is 5.91 Å². The zero-order valence-corrected chi connectivity index (χ0v) is 11.9. The predicted octanol–water partition coefficient (Wildman–Crippen LogP) is 2.32. The summed E-state index contributed by atoms with van der Waals surface area (Å²) in [6.07, 6.45) is 6.96. The van der Waals surface area contributed by atoms with Gasteiger partial charge in [0.1, 0.15) is 0 Å². The molecule has 104 valence electrons. The monoisotopic (exact) mass is 252 g/mol. The summed E-state index contributed by atoms with van der Waals surface area (Å²) in [4.78, 5) is 12.1. The molecule has 0 aromatic carbocycles. The van der Waals surface area contributed by atoms with Crippen LogP contribution in [0.5, 0.6) is 0 Å². The molecule has 0 aromatic rings. The molecule has 0 bridgehead atoms. The van der Waals surface area contributed by atoms with Gasteiger partial charge in [0.15, 0.2) is 0 Å². The molecule has 1 aliphatic carbocycles. The van der Waals surface area contributed by atoms with E-state index in [9.17, 15) is 4.79 Å². The van der Waals surface area contributed by atoms with Crippen molar-refractivity contribution in [3.8, 4) is 0 Å². The van der Waals surface area contributed by atoms with Gasteiger partial charge in [-0.3, -0.25) is 4.79 Å². The Morgan fingerprint density at radius 1 is 1.33 bits per heavy atom. The highest BCUT2D eigenvalue weighted by Gasteiger charge is 2.27. The molecular formula is C15H28N2O. The number of amides is 1. The van der Waals surface area contributed by atoms with Crippen LogP contribution in [0.15, 0.2) is 0 Å². The van der Waals surface area contributed by atoms with Gasteiger partial charge in [-0.05, 0) is 56.5 Å². The minimum absolute atomic E-state index is 0.270. The van der Waals surface area contributed by atoms with Gasteiger partial charge in [0.2, 0.25) is 5.91 Å². The molecule has 1 saturated carbocycles. The van der Waals surface area contributed by atoms with E-state index in [1.165, 1.54) is 32.1 Å². The molecule has 3 heteroatoms. The summed E-state index contributed by atoms with van der Waals surface area (Å²) in [7, 11) is 0. The summed E-state index contributed by atoms with van der Waals surface area (Å²) in [5.41, 5.74) is 0. The van der Waals surface area contributed by atoms with Gasteiger partial charge in [-0.25, -0.2) is 0 Å². The van der Waals surface area contributed by atoms with E-state index in [1.54, 1.807) is 0 Å². The number of piperidine rings is 1. The Balaban J connectivity index is 1.72. The molecule has 3 nitrogen and oxygen atoms in total. The van der Waals surface area contributed by atoms with Crippen molar-refractivity contribution < 1.29 is 4.79 Å². The molecule has 2 aliphatic rings. The number of nitrogens with one attached hydrogen (secondary N) is 2. The van der Waals surface area contributed by atoms with E-state index in [0.29, 0.717) is 30.2 Å². The highest BCUT2D eigenvalue weighted by atomic mass is 16.1. The first kappa shape index (κ1) is 13.9. The van der Waals surface area contributed by atoms with Gasteiger partial charge in [-0.15, -0.1) is 0 Å². The highest BCUT2D eigenvalue weighted by molar-refractivity contribution is 5.76. The lowest BCUT2D eigenvalue weighted by atomic mass is 9.85. The topological polar surface area (TPSA) is 41.1 Å². The molecular weight excluding hydrogens is 224 g/mol. The van der Waals surface area contributed by atoms with Crippen LogP contribution in [0.2, 0.25) is 0 Å². The molecule has 2 N–H and O–H groups in total. The Morgan fingerprint density at radius 2 is 2.17 bits per heavy atom. The predicted molar refractivity (Wildman–Crippen MR) is 74.3 cm³/mol. The molecule has 0 radical (unpaired) electrons. The number of carbonyl (C=O) groups excluding carboxylic acids is 1. The standard InChI is InChI=1S/C15H28N2O/c1-11-5-3-7-14(11)17-15(18)9-12(2)13-6-4-8-16-10-13/h11-14,16H,3-10H2,1-2H3,(H,17,18). The maximum atomic E-state index is 12.1. The Kier molecular flexibility index (Phi) is 5.04. The average molecular weight is 252 g/mol. The molecule has 2 rings (SSSR count). The third kappa shape index (κ3) is 3.71. The fourth-order valence-electron chi connectivity index (χ4n) is 3.45. The molecule has 4 unspecified atom stereocenters. The molecule has 2 fully saturated rings. The summed E-state index contributed by atoms with van der Waals surface area (Å²) < 4.78 is 0. The first-order chi connectivity index (χ1) is 8.66. The van der Waals surface area contributed by atoms with Gasteiger partial charge in [-0.2, -0.15) is 0 Å². The summed E-state index contributed by atoms with van der Waals surface area (Å²) in [6, 6.07) is 0.439. The van der Waals surface area contributed by atoms with E-state index in [-0.39, 0.29) is 5.91 Å². The second-order valence-corrected chi connectivity index (χ2v) is 6.37. The number of hydrogen-bond acceptors (Lipinski definition) is 2. The first-order valence-electron chi connectivity index (χ1n) is 7.67. The zero-order valence-electron chi connectivity index (χ0n) is 11.9. The quantitative estimate of drug-likeness (QED) is 0.806. The highest BCUT2D eigenvalue weighted by Crippen LogP contribution is 2.26. The molecule has 1 aliphatic heterocycles. The fraction of sp³-hybridized carbons (Fsp3) is 0.933. The lowest BCUT2D eigenvalue weighted by Gasteiger charge is -2.28. The fourth-order valence-corrected chi connectivity index (χ4v) is 3.45. The summed E-state index contributed by atoms with van der Waals surface area (Å²) in [5.74, 6) is 2.13. The molecule has 1 saturated heterocycles. The van der Waals surface area contributed by atoms with Crippen LogP contribution in [0.25, 0.3) is 0 Å². The zero-order chi connectivity index (χ0) is 13.0. The van der Waals surface area contributed by atoms with Crippen molar-refractivity contribution in [2.75, 3.05) is 13.1 Å². The molecule has 18 heavy (non-hydrogen) atoms. The van der Waals surface area contributed by atoms with Crippen molar-refractivity contribution in [3.63, 3.8) is 0 Å². The van der Waals surface area contributed by atoms with Gasteiger partial charge < -0.3 is 10.6 Å². The van der Waals surface area contributed by atoms with E-state index in [0.717, 1.165) is 13.1 Å². The second kappa shape index (κ2) is 6.55. The maximum absolute atomic E-state index is 12.1. The number of rotatable bonds is 4. The smallest absolute Gasteiger partial charge is 0.220 e. The number of carbonyl (C=O) groups is 1. The van der Waals surface area contributed by atoms with Crippen LogP contribution >= 0.6 is 0 Å². The van der Waals surface area contributed by atoms with Gasteiger partial charge in [-0.1, -0.05) is 20.3 Å². The lowest BCUT2D eigenvalue weighted by Crippen LogP contribution is -2.39. The van der Waals surface area contributed by atoms with Crippen LogP contribution in [0.4, 0.5) is 0 Å². The van der Waals surface area contributed by atoms with Crippen LogP contribution in [-0.2, 0) is 4.79 Å². The summed E-state index contributed by atoms with van der Waals surface area (Å²) in [6.45, 7) is 6.73. The molecule has 1 amide bonds. The normalized spacial score (nSPS) is 34.2. The van der Waals surface area contributed by atoms with Crippen molar-refractivity contribution in [1.29, 1.82) is 0 Å². The molecule has 1 heterocycles. The van der Waals surface area contributed by atoms with Crippen molar-refractivity contribution in [2.45, 2.75) is 58.4 Å². The minimum atomic E-state index is 0.270. The van der Waals surface area contributed by atoms with Gasteiger partial charge in [0.25, 0.3) is 0 Å². The van der Waals surface area contributed by atoms with Crippen molar-refractivity contribution in [1.82, 2.24) is 10.6 Å². The SMILES string of the molecule is CC(CC(=O)NC1CCCC1C)C1CCCNC1. The van der Waals surface area contributed by atoms with E-state index in [1.807, 2.05) is 0 Å². The average Bonchev–Trinajstić information content (AvgIpc) is 2.76. The minimum Gasteiger partial charge on any atom is -0.353 e. The Bertz CT molecular complexity index is 274. The first-order valence-corrected chi connectivity index (χ1v) is 7.67. The largest absolute Gasteiger partial charge is 0.353 e. The maximum Gasteiger partial charge on any atom is 0.220 e. The van der Waals surface area contributed by atoms with Crippen LogP contribution in [0.1, 0.15) is 52.4 Å². The van der Waals surface area contributed by atoms with E-state index in [4.69, 9.17) is 0 Å². The van der Waals surface area contributed by atoms with Crippen LogP contribution in [0, 0.1) is 17.8 Å². The van der Waals surface area contributed by atoms with Gasteiger partial charge in [0.05, 0.1) is 0 Å². The molecule has 0 aromatic heterocycles. The van der Waals surface area contributed by atoms with Crippen LogP contribution < -0.4 is 10.6 Å². The summed E-state index contributed by atoms with van der Waals surface area (Å²) >= 11 is 0.